The third-order valence-electron chi connectivity index (χ3n) is 2.91. The number of halogens is 1. The van der Waals surface area contributed by atoms with Gasteiger partial charge in [0.25, 0.3) is 0 Å². The van der Waals surface area contributed by atoms with Gasteiger partial charge in [0, 0.05) is 5.88 Å². The fraction of sp³-hybridized carbons (Fsp3) is 0.929. The number of carbonyl (C=O) groups is 1. The van der Waals surface area contributed by atoms with E-state index in [1.807, 2.05) is 20.8 Å². The average Bonchev–Trinajstić information content (AvgIpc) is 3.08. The second kappa shape index (κ2) is 7.95. The van der Waals surface area contributed by atoms with Gasteiger partial charge in [-0.2, -0.15) is 0 Å². The smallest absolute Gasteiger partial charge is 0.407 e. The average molecular weight is 292 g/mol. The fourth-order valence-corrected chi connectivity index (χ4v) is 2.10. The number of hydrogen-bond donors (Lipinski definition) is 1. The second-order valence-electron chi connectivity index (χ2n) is 6.02. The van der Waals surface area contributed by atoms with Crippen LogP contribution in [0.5, 0.6) is 0 Å². The first kappa shape index (κ1) is 16.6. The Labute approximate surface area is 121 Å². The van der Waals surface area contributed by atoms with Crippen LogP contribution in [0.1, 0.15) is 52.9 Å². The summed E-state index contributed by atoms with van der Waals surface area (Å²) in [4.78, 5) is 11.7. The number of rotatable bonds is 8. The van der Waals surface area contributed by atoms with E-state index in [1.54, 1.807) is 0 Å². The van der Waals surface area contributed by atoms with Gasteiger partial charge < -0.3 is 14.8 Å². The van der Waals surface area contributed by atoms with E-state index in [-0.39, 0.29) is 18.2 Å². The van der Waals surface area contributed by atoms with Crippen LogP contribution < -0.4 is 5.32 Å². The number of ether oxygens (including phenoxy) is 2. The van der Waals surface area contributed by atoms with Crippen molar-refractivity contribution in [3.05, 3.63) is 0 Å². The summed E-state index contributed by atoms with van der Waals surface area (Å²) >= 11 is 5.64. The molecule has 1 N–H and O–H groups in total. The first-order valence-corrected chi connectivity index (χ1v) is 7.63. The lowest BCUT2D eigenvalue weighted by Gasteiger charge is -2.23. The van der Waals surface area contributed by atoms with Crippen molar-refractivity contribution < 1.29 is 14.3 Å². The minimum absolute atomic E-state index is 0.0749. The molecular formula is C14H26ClNO3. The lowest BCUT2D eigenvalue weighted by atomic mass is 10.1. The minimum atomic E-state index is -0.459. The molecule has 5 heteroatoms. The van der Waals surface area contributed by atoms with Crippen molar-refractivity contribution in [3.63, 3.8) is 0 Å². The molecule has 1 rings (SSSR count). The van der Waals surface area contributed by atoms with Crippen LogP contribution in [0.3, 0.4) is 0 Å². The van der Waals surface area contributed by atoms with Crippen molar-refractivity contribution in [2.75, 3.05) is 12.5 Å². The maximum atomic E-state index is 11.7. The van der Waals surface area contributed by atoms with Gasteiger partial charge in [-0.3, -0.25) is 0 Å². The van der Waals surface area contributed by atoms with Gasteiger partial charge in [-0.05, 0) is 33.6 Å². The number of amides is 1. The Hall–Kier alpha value is -0.480. The molecule has 2 atom stereocenters. The van der Waals surface area contributed by atoms with Gasteiger partial charge in [-0.15, -0.1) is 11.6 Å². The predicted molar refractivity (Wildman–Crippen MR) is 76.7 cm³/mol. The van der Waals surface area contributed by atoms with Crippen molar-refractivity contribution in [1.82, 2.24) is 5.32 Å². The summed E-state index contributed by atoms with van der Waals surface area (Å²) in [5.41, 5.74) is -0.459. The highest BCUT2D eigenvalue weighted by molar-refractivity contribution is 6.17. The molecule has 19 heavy (non-hydrogen) atoms. The first-order valence-electron chi connectivity index (χ1n) is 7.09. The molecule has 0 aromatic heterocycles. The summed E-state index contributed by atoms with van der Waals surface area (Å²) in [7, 11) is 0. The van der Waals surface area contributed by atoms with Crippen LogP contribution in [0.25, 0.3) is 0 Å². The minimum Gasteiger partial charge on any atom is -0.444 e. The maximum Gasteiger partial charge on any atom is 0.407 e. The molecule has 0 saturated carbocycles. The molecule has 1 saturated heterocycles. The van der Waals surface area contributed by atoms with Crippen LogP contribution >= 0.6 is 11.6 Å². The van der Waals surface area contributed by atoms with Gasteiger partial charge in [-0.25, -0.2) is 4.79 Å². The number of carbonyl (C=O) groups excluding carboxylic acids is 1. The quantitative estimate of drug-likeness (QED) is 0.423. The van der Waals surface area contributed by atoms with E-state index in [4.69, 9.17) is 21.1 Å². The highest BCUT2D eigenvalue weighted by atomic mass is 35.5. The summed E-state index contributed by atoms with van der Waals surface area (Å²) in [5.74, 6) is 0.728. The number of unbranched alkanes of at least 4 members (excludes halogenated alkanes) is 3. The molecule has 1 fully saturated rings. The Bertz CT molecular complexity index is 274. The van der Waals surface area contributed by atoms with E-state index in [1.165, 1.54) is 0 Å². The monoisotopic (exact) mass is 291 g/mol. The summed E-state index contributed by atoms with van der Waals surface area (Å²) < 4.78 is 10.6. The molecule has 0 unspecified atom stereocenters. The lowest BCUT2D eigenvalue weighted by Crippen LogP contribution is -2.42. The van der Waals surface area contributed by atoms with Gasteiger partial charge in [0.15, 0.2) is 0 Å². The van der Waals surface area contributed by atoms with E-state index in [9.17, 15) is 4.79 Å². The topological polar surface area (TPSA) is 50.9 Å². The van der Waals surface area contributed by atoms with Gasteiger partial charge in [0.05, 0.1) is 12.6 Å². The number of alkyl halides is 1. The SMILES string of the molecule is CC(C)(C)OC(=O)N[C@@H](CCCCCCCl)[C@H]1CO1. The molecule has 0 aromatic carbocycles. The summed E-state index contributed by atoms with van der Waals surface area (Å²) in [5, 5.41) is 2.91. The summed E-state index contributed by atoms with van der Waals surface area (Å²) in [6, 6.07) is 0.0749. The fourth-order valence-electron chi connectivity index (χ4n) is 1.91. The normalized spacial score (nSPS) is 19.9. The highest BCUT2D eigenvalue weighted by Gasteiger charge is 2.34. The number of alkyl carbamates (subject to hydrolysis) is 1. The van der Waals surface area contributed by atoms with Crippen LogP contribution in [0.2, 0.25) is 0 Å². The van der Waals surface area contributed by atoms with Crippen molar-refractivity contribution in [2.24, 2.45) is 0 Å². The summed E-state index contributed by atoms with van der Waals surface area (Å²) in [6.45, 7) is 6.33. The van der Waals surface area contributed by atoms with Crippen molar-refractivity contribution in [3.8, 4) is 0 Å². The Morgan fingerprint density at radius 1 is 1.37 bits per heavy atom. The van der Waals surface area contributed by atoms with Gasteiger partial charge in [-0.1, -0.05) is 19.3 Å². The first-order chi connectivity index (χ1) is 8.92. The third kappa shape index (κ3) is 8.32. The third-order valence-corrected chi connectivity index (χ3v) is 3.18. The van der Waals surface area contributed by atoms with Crippen molar-refractivity contribution in [1.29, 1.82) is 0 Å². The highest BCUT2D eigenvalue weighted by Crippen LogP contribution is 2.20. The maximum absolute atomic E-state index is 11.7. The molecular weight excluding hydrogens is 266 g/mol. The van der Waals surface area contributed by atoms with Crippen LogP contribution in [0.15, 0.2) is 0 Å². The van der Waals surface area contributed by atoms with Gasteiger partial charge in [0.2, 0.25) is 0 Å². The zero-order valence-electron chi connectivity index (χ0n) is 12.2. The number of nitrogens with one attached hydrogen (secondary N) is 1. The molecule has 1 amide bonds. The van der Waals surface area contributed by atoms with Gasteiger partial charge >= 0.3 is 6.09 Å². The molecule has 4 nitrogen and oxygen atoms in total. The Kier molecular flexibility index (Phi) is 6.94. The molecule has 0 bridgehead atoms. The molecule has 112 valence electrons. The standard InChI is InChI=1S/C14H26ClNO3/c1-14(2,3)19-13(17)16-11(12-10-18-12)8-6-4-5-7-9-15/h11-12H,4-10H2,1-3H3,(H,16,17)/t11-,12+/m0/s1. The molecule has 1 aliphatic rings. The Balaban J connectivity index is 2.23. The van der Waals surface area contributed by atoms with Gasteiger partial charge in [0.1, 0.15) is 11.7 Å². The molecule has 0 spiro atoms. The zero-order chi connectivity index (χ0) is 14.3. The van der Waals surface area contributed by atoms with Crippen LogP contribution in [0.4, 0.5) is 4.79 Å². The van der Waals surface area contributed by atoms with Crippen LogP contribution in [-0.2, 0) is 9.47 Å². The molecule has 1 aliphatic heterocycles. The molecule has 0 aliphatic carbocycles. The van der Waals surface area contributed by atoms with Crippen molar-refractivity contribution in [2.45, 2.75) is 70.6 Å². The van der Waals surface area contributed by atoms with E-state index >= 15 is 0 Å². The van der Waals surface area contributed by atoms with Crippen LogP contribution in [-0.4, -0.2) is 36.3 Å². The van der Waals surface area contributed by atoms with E-state index in [0.717, 1.165) is 44.6 Å². The Morgan fingerprint density at radius 2 is 2.00 bits per heavy atom. The second-order valence-corrected chi connectivity index (χ2v) is 6.39. The largest absolute Gasteiger partial charge is 0.444 e. The van der Waals surface area contributed by atoms with Crippen molar-refractivity contribution >= 4 is 17.7 Å². The number of epoxide rings is 1. The zero-order valence-corrected chi connectivity index (χ0v) is 13.0. The molecule has 0 radical (unpaired) electrons. The Morgan fingerprint density at radius 3 is 2.53 bits per heavy atom. The molecule has 0 aromatic rings. The predicted octanol–water partition coefficient (Wildman–Crippen LogP) is 3.47. The van der Waals surface area contributed by atoms with E-state index in [2.05, 4.69) is 5.32 Å². The lowest BCUT2D eigenvalue weighted by molar-refractivity contribution is 0.0491. The number of hydrogen-bond acceptors (Lipinski definition) is 3. The molecule has 1 heterocycles. The summed E-state index contributed by atoms with van der Waals surface area (Å²) in [6.07, 6.45) is 5.18. The van der Waals surface area contributed by atoms with E-state index < -0.39 is 5.60 Å². The van der Waals surface area contributed by atoms with E-state index in [0.29, 0.717) is 0 Å². The van der Waals surface area contributed by atoms with Crippen LogP contribution in [0, 0.1) is 0 Å².